The van der Waals surface area contributed by atoms with Crippen LogP contribution in [0.1, 0.15) is 70.6 Å². The van der Waals surface area contributed by atoms with Crippen molar-refractivity contribution in [2.75, 3.05) is 13.1 Å². The van der Waals surface area contributed by atoms with E-state index in [4.69, 9.17) is 14.6 Å². The molecule has 3 rings (SSSR count). The summed E-state index contributed by atoms with van der Waals surface area (Å²) in [6, 6.07) is 0. The van der Waals surface area contributed by atoms with Crippen molar-refractivity contribution in [2.45, 2.75) is 89.3 Å². The molecule has 1 unspecified atom stereocenters. The molecule has 3 fully saturated rings. The summed E-state index contributed by atoms with van der Waals surface area (Å²) in [4.78, 5) is 13.4. The third-order valence-electron chi connectivity index (χ3n) is 5.63. The first-order chi connectivity index (χ1) is 11.2. The zero-order chi connectivity index (χ0) is 16.1. The van der Waals surface area contributed by atoms with Crippen LogP contribution in [0.3, 0.4) is 0 Å². The smallest absolute Gasteiger partial charge is 0.306 e. The highest BCUT2D eigenvalue weighted by atomic mass is 16.7. The normalized spacial score (nSPS) is 32.0. The lowest BCUT2D eigenvalue weighted by atomic mass is 9.87. The van der Waals surface area contributed by atoms with Crippen LogP contribution in [-0.4, -0.2) is 47.7 Å². The molecule has 1 aliphatic heterocycles. The number of carbonyl (C=O) groups is 1. The second-order valence-electron chi connectivity index (χ2n) is 7.39. The van der Waals surface area contributed by atoms with E-state index in [0.29, 0.717) is 6.10 Å². The topological polar surface area (TPSA) is 59.0 Å². The van der Waals surface area contributed by atoms with Crippen LogP contribution >= 0.6 is 0 Å². The molecule has 1 heterocycles. The third kappa shape index (κ3) is 4.91. The molecule has 0 radical (unpaired) electrons. The van der Waals surface area contributed by atoms with Gasteiger partial charge >= 0.3 is 5.97 Å². The predicted octanol–water partition coefficient (Wildman–Crippen LogP) is 3.38. The number of hydrogen-bond donors (Lipinski definition) is 1. The predicted molar refractivity (Wildman–Crippen MR) is 87.0 cm³/mol. The van der Waals surface area contributed by atoms with Gasteiger partial charge in [0.15, 0.2) is 0 Å². The van der Waals surface area contributed by atoms with E-state index in [1.54, 1.807) is 0 Å². The molecule has 1 atom stereocenters. The van der Waals surface area contributed by atoms with Gasteiger partial charge in [0.05, 0.1) is 18.1 Å². The number of aliphatic carboxylic acids is 1. The Balaban J connectivity index is 1.52. The molecular weight excluding hydrogens is 294 g/mol. The first-order valence-electron chi connectivity index (χ1n) is 9.50. The van der Waals surface area contributed by atoms with E-state index >= 15 is 0 Å². The van der Waals surface area contributed by atoms with Crippen molar-refractivity contribution in [3.05, 3.63) is 0 Å². The van der Waals surface area contributed by atoms with Crippen LogP contribution in [0.4, 0.5) is 0 Å². The minimum atomic E-state index is -0.655. The van der Waals surface area contributed by atoms with E-state index in [2.05, 4.69) is 4.90 Å². The number of hydrogen-bond acceptors (Lipinski definition) is 4. The largest absolute Gasteiger partial charge is 0.481 e. The van der Waals surface area contributed by atoms with Crippen molar-refractivity contribution < 1.29 is 19.4 Å². The van der Waals surface area contributed by atoms with Gasteiger partial charge in [-0.2, -0.15) is 0 Å². The number of rotatable bonds is 6. The number of nitrogens with zero attached hydrogens (tertiary/aromatic N) is 1. The average molecular weight is 325 g/mol. The summed E-state index contributed by atoms with van der Waals surface area (Å²) in [5.41, 5.74) is 0. The summed E-state index contributed by atoms with van der Waals surface area (Å²) >= 11 is 0. The van der Waals surface area contributed by atoms with E-state index in [-0.39, 0.29) is 18.4 Å². The number of likely N-dealkylation sites (tertiary alicyclic amines) is 1. The lowest BCUT2D eigenvalue weighted by Crippen LogP contribution is -2.43. The Kier molecular flexibility index (Phi) is 6.31. The highest BCUT2D eigenvalue weighted by molar-refractivity contribution is 5.70. The van der Waals surface area contributed by atoms with Gasteiger partial charge in [-0.1, -0.05) is 19.3 Å². The number of ether oxygens (including phenoxy) is 2. The van der Waals surface area contributed by atoms with E-state index in [1.165, 1.54) is 32.1 Å². The highest BCUT2D eigenvalue weighted by Gasteiger charge is 2.32. The van der Waals surface area contributed by atoms with E-state index < -0.39 is 5.97 Å². The van der Waals surface area contributed by atoms with Crippen LogP contribution in [0.25, 0.3) is 0 Å². The second kappa shape index (κ2) is 8.45. The summed E-state index contributed by atoms with van der Waals surface area (Å²) in [7, 11) is 0. The van der Waals surface area contributed by atoms with Crippen LogP contribution in [0.15, 0.2) is 0 Å². The summed E-state index contributed by atoms with van der Waals surface area (Å²) in [6.07, 6.45) is 12.0. The Hall–Kier alpha value is -0.650. The Labute approximate surface area is 139 Å². The molecule has 0 aromatic carbocycles. The molecule has 5 nitrogen and oxygen atoms in total. The van der Waals surface area contributed by atoms with E-state index in [0.717, 1.165) is 51.6 Å². The first-order valence-corrected chi connectivity index (χ1v) is 9.50. The quantitative estimate of drug-likeness (QED) is 0.759. The third-order valence-corrected chi connectivity index (χ3v) is 5.63. The minimum Gasteiger partial charge on any atom is -0.481 e. The van der Waals surface area contributed by atoms with Gasteiger partial charge in [0.1, 0.15) is 0 Å². The zero-order valence-corrected chi connectivity index (χ0v) is 14.1. The molecule has 1 N–H and O–H groups in total. The average Bonchev–Trinajstić information content (AvgIpc) is 3.10. The summed E-state index contributed by atoms with van der Waals surface area (Å²) in [6.45, 7) is 2.11. The van der Waals surface area contributed by atoms with Gasteiger partial charge in [-0.3, -0.25) is 9.69 Å². The summed E-state index contributed by atoms with van der Waals surface area (Å²) in [5.74, 6) is -0.836. The highest BCUT2D eigenvalue weighted by Crippen LogP contribution is 2.30. The lowest BCUT2D eigenvalue weighted by Gasteiger charge is -2.36. The van der Waals surface area contributed by atoms with Gasteiger partial charge in [0.25, 0.3) is 0 Å². The lowest BCUT2D eigenvalue weighted by molar-refractivity contribution is -0.266. The Morgan fingerprint density at radius 3 is 1.96 bits per heavy atom. The fourth-order valence-electron chi connectivity index (χ4n) is 4.13. The van der Waals surface area contributed by atoms with Crippen LogP contribution in [-0.2, 0) is 14.3 Å². The van der Waals surface area contributed by atoms with Gasteiger partial charge < -0.3 is 14.6 Å². The minimum absolute atomic E-state index is 0.153. The van der Waals surface area contributed by atoms with Crippen molar-refractivity contribution in [3.8, 4) is 0 Å². The molecular formula is C18H31NO4. The fraction of sp³-hybridized carbons (Fsp3) is 0.944. The fourth-order valence-corrected chi connectivity index (χ4v) is 4.13. The number of carboxylic acids is 1. The van der Waals surface area contributed by atoms with Gasteiger partial charge in [0.2, 0.25) is 6.41 Å². The zero-order valence-electron chi connectivity index (χ0n) is 14.1. The molecule has 0 bridgehead atoms. The molecule has 23 heavy (non-hydrogen) atoms. The van der Waals surface area contributed by atoms with Gasteiger partial charge in [0, 0.05) is 13.1 Å². The monoisotopic (exact) mass is 325 g/mol. The van der Waals surface area contributed by atoms with Crippen molar-refractivity contribution in [1.29, 1.82) is 0 Å². The summed E-state index contributed by atoms with van der Waals surface area (Å²) < 4.78 is 12.7. The van der Waals surface area contributed by atoms with E-state index in [9.17, 15) is 4.79 Å². The molecule has 5 heteroatoms. The maximum Gasteiger partial charge on any atom is 0.306 e. The molecule has 0 spiro atoms. The van der Waals surface area contributed by atoms with Crippen molar-refractivity contribution in [2.24, 2.45) is 5.92 Å². The first kappa shape index (κ1) is 17.2. The maximum atomic E-state index is 11.1. The second-order valence-corrected chi connectivity index (χ2v) is 7.39. The molecule has 132 valence electrons. The molecule has 1 saturated heterocycles. The molecule has 3 aliphatic rings. The Morgan fingerprint density at radius 2 is 1.39 bits per heavy atom. The molecule has 2 saturated carbocycles. The van der Waals surface area contributed by atoms with E-state index in [1.807, 2.05) is 0 Å². The van der Waals surface area contributed by atoms with Gasteiger partial charge in [-0.15, -0.1) is 0 Å². The molecule has 0 amide bonds. The van der Waals surface area contributed by atoms with Crippen molar-refractivity contribution >= 4 is 5.97 Å². The Bertz CT molecular complexity index is 369. The molecule has 2 aliphatic carbocycles. The van der Waals surface area contributed by atoms with Gasteiger partial charge in [-0.05, 0) is 51.4 Å². The molecule has 0 aromatic heterocycles. The molecule has 0 aromatic rings. The van der Waals surface area contributed by atoms with Gasteiger partial charge in [-0.25, -0.2) is 0 Å². The Morgan fingerprint density at radius 1 is 0.826 bits per heavy atom. The van der Waals surface area contributed by atoms with Crippen LogP contribution < -0.4 is 0 Å². The van der Waals surface area contributed by atoms with Crippen LogP contribution in [0, 0.1) is 5.92 Å². The SMILES string of the molecule is O=C(O)C1CCC(OC(OC2CCCCC2)N2CCCC2)CC1. The summed E-state index contributed by atoms with van der Waals surface area (Å²) in [5, 5.41) is 9.12. The standard InChI is InChI=1S/C18H31NO4/c20-17(21)14-8-10-16(11-9-14)23-18(19-12-4-5-13-19)22-15-6-2-1-3-7-15/h14-16,18H,1-13H2,(H,20,21). The van der Waals surface area contributed by atoms with Crippen molar-refractivity contribution in [3.63, 3.8) is 0 Å². The van der Waals surface area contributed by atoms with Crippen molar-refractivity contribution in [1.82, 2.24) is 4.90 Å². The van der Waals surface area contributed by atoms with Crippen LogP contribution in [0.2, 0.25) is 0 Å². The maximum absolute atomic E-state index is 11.1. The number of carboxylic acid groups (broad SMARTS) is 1. The van der Waals surface area contributed by atoms with Crippen LogP contribution in [0.5, 0.6) is 0 Å².